The van der Waals surface area contributed by atoms with Crippen molar-refractivity contribution in [1.29, 1.82) is 0 Å². The summed E-state index contributed by atoms with van der Waals surface area (Å²) in [7, 11) is 1.56. The Bertz CT molecular complexity index is 1560. The van der Waals surface area contributed by atoms with E-state index in [1.54, 1.807) is 24.1 Å². The molecular formula is C33H32N2O5. The molecule has 1 fully saturated rings. The third kappa shape index (κ3) is 4.95. The Morgan fingerprint density at radius 1 is 0.925 bits per heavy atom. The van der Waals surface area contributed by atoms with Crippen LogP contribution in [0.4, 0.5) is 10.5 Å². The topological polar surface area (TPSA) is 68.3 Å². The maximum atomic E-state index is 13.5. The van der Waals surface area contributed by atoms with E-state index in [2.05, 4.69) is 30.3 Å². The Morgan fingerprint density at radius 2 is 1.68 bits per heavy atom. The highest BCUT2D eigenvalue weighted by Crippen LogP contribution is 2.34. The maximum absolute atomic E-state index is 13.5. The van der Waals surface area contributed by atoms with Gasteiger partial charge in [0.1, 0.15) is 24.2 Å². The number of rotatable bonds is 6. The normalized spacial score (nSPS) is 16.3. The summed E-state index contributed by atoms with van der Waals surface area (Å²) in [6.45, 7) is 3.38. The SMILES string of the molecule is COc1cc(OC(C)c2ccc3ccccc3c2)ccc1C(=O)N1CCC(N2C(=O)OCc3ccccc32)CC1. The van der Waals surface area contributed by atoms with Crippen molar-refractivity contribution in [2.45, 2.75) is 38.5 Å². The van der Waals surface area contributed by atoms with Gasteiger partial charge in [-0.3, -0.25) is 9.69 Å². The number of piperidine rings is 1. The molecule has 0 saturated carbocycles. The maximum Gasteiger partial charge on any atom is 0.414 e. The number of hydrogen-bond donors (Lipinski definition) is 0. The minimum Gasteiger partial charge on any atom is -0.496 e. The number of nitrogens with zero attached hydrogens (tertiary/aromatic N) is 2. The molecule has 7 nitrogen and oxygen atoms in total. The fraction of sp³-hybridized carbons (Fsp3) is 0.273. The molecule has 0 bridgehead atoms. The summed E-state index contributed by atoms with van der Waals surface area (Å²) < 4.78 is 17.3. The van der Waals surface area contributed by atoms with E-state index in [0.717, 1.165) is 16.8 Å². The molecule has 0 spiro atoms. The average molecular weight is 537 g/mol. The number of para-hydroxylation sites is 1. The molecule has 1 saturated heterocycles. The second-order valence-electron chi connectivity index (χ2n) is 10.3. The Balaban J connectivity index is 1.13. The summed E-state index contributed by atoms with van der Waals surface area (Å²) in [5.41, 5.74) is 3.47. The molecule has 2 aliphatic heterocycles. The fourth-order valence-corrected chi connectivity index (χ4v) is 5.67. The lowest BCUT2D eigenvalue weighted by Gasteiger charge is -2.40. The molecule has 2 amide bonds. The monoisotopic (exact) mass is 536 g/mol. The zero-order chi connectivity index (χ0) is 27.6. The first-order valence-corrected chi connectivity index (χ1v) is 13.7. The number of anilines is 1. The van der Waals surface area contributed by atoms with Crippen LogP contribution in [0.5, 0.6) is 11.5 Å². The van der Waals surface area contributed by atoms with Gasteiger partial charge in [0.15, 0.2) is 0 Å². The van der Waals surface area contributed by atoms with Crippen LogP contribution in [0, 0.1) is 0 Å². The largest absolute Gasteiger partial charge is 0.496 e. The van der Waals surface area contributed by atoms with Gasteiger partial charge in [0.05, 0.1) is 18.4 Å². The van der Waals surface area contributed by atoms with Crippen molar-refractivity contribution in [3.05, 3.63) is 102 Å². The van der Waals surface area contributed by atoms with E-state index in [4.69, 9.17) is 14.2 Å². The minimum atomic E-state index is -0.321. The van der Waals surface area contributed by atoms with Gasteiger partial charge in [0.25, 0.3) is 5.91 Å². The predicted molar refractivity (Wildman–Crippen MR) is 154 cm³/mol. The number of carbonyl (C=O) groups excluding carboxylic acids is 2. The first kappa shape index (κ1) is 25.7. The van der Waals surface area contributed by atoms with Crippen LogP contribution < -0.4 is 14.4 Å². The quantitative estimate of drug-likeness (QED) is 0.273. The van der Waals surface area contributed by atoms with Crippen LogP contribution in [-0.4, -0.2) is 43.1 Å². The van der Waals surface area contributed by atoms with Crippen LogP contribution in [-0.2, 0) is 11.3 Å². The molecule has 0 aliphatic carbocycles. The van der Waals surface area contributed by atoms with Gasteiger partial charge in [-0.2, -0.15) is 0 Å². The highest BCUT2D eigenvalue weighted by Gasteiger charge is 2.35. The Labute approximate surface area is 233 Å². The molecule has 7 heteroatoms. The van der Waals surface area contributed by atoms with Crippen molar-refractivity contribution in [3.8, 4) is 11.5 Å². The van der Waals surface area contributed by atoms with E-state index >= 15 is 0 Å². The number of carbonyl (C=O) groups is 2. The molecule has 1 unspecified atom stereocenters. The number of methoxy groups -OCH3 is 1. The van der Waals surface area contributed by atoms with E-state index in [1.165, 1.54) is 10.8 Å². The summed E-state index contributed by atoms with van der Waals surface area (Å²) in [4.78, 5) is 29.7. The van der Waals surface area contributed by atoms with Crippen molar-refractivity contribution < 1.29 is 23.8 Å². The summed E-state index contributed by atoms with van der Waals surface area (Å²) >= 11 is 0. The number of ether oxygens (including phenoxy) is 3. The molecule has 6 rings (SSSR count). The lowest BCUT2D eigenvalue weighted by atomic mass is 10.00. The molecule has 0 aromatic heterocycles. The zero-order valence-corrected chi connectivity index (χ0v) is 22.7. The smallest absolute Gasteiger partial charge is 0.414 e. The number of hydrogen-bond acceptors (Lipinski definition) is 5. The Kier molecular flexibility index (Phi) is 7.03. The minimum absolute atomic E-state index is 0.0210. The van der Waals surface area contributed by atoms with E-state index in [1.807, 2.05) is 54.3 Å². The molecule has 4 aromatic carbocycles. The zero-order valence-electron chi connectivity index (χ0n) is 22.7. The molecule has 2 aliphatic rings. The van der Waals surface area contributed by atoms with Crippen LogP contribution in [0.1, 0.15) is 47.4 Å². The van der Waals surface area contributed by atoms with Crippen LogP contribution in [0.15, 0.2) is 84.9 Å². The van der Waals surface area contributed by atoms with Gasteiger partial charge in [-0.1, -0.05) is 54.6 Å². The molecule has 1 atom stereocenters. The Morgan fingerprint density at radius 3 is 2.48 bits per heavy atom. The molecule has 4 aromatic rings. The van der Waals surface area contributed by atoms with Crippen molar-refractivity contribution in [1.82, 2.24) is 4.90 Å². The number of cyclic esters (lactones) is 1. The van der Waals surface area contributed by atoms with Gasteiger partial charge in [-0.05, 0) is 60.4 Å². The van der Waals surface area contributed by atoms with Gasteiger partial charge < -0.3 is 19.1 Å². The van der Waals surface area contributed by atoms with Gasteiger partial charge in [-0.15, -0.1) is 0 Å². The highest BCUT2D eigenvalue weighted by atomic mass is 16.6. The molecule has 204 valence electrons. The number of amides is 2. The summed E-state index contributed by atoms with van der Waals surface area (Å²) in [6, 6.07) is 27.7. The number of likely N-dealkylation sites (tertiary alicyclic amines) is 1. The van der Waals surface area contributed by atoms with E-state index in [0.29, 0.717) is 49.6 Å². The second-order valence-corrected chi connectivity index (χ2v) is 10.3. The summed E-state index contributed by atoms with van der Waals surface area (Å²) in [5.74, 6) is 1.02. The van der Waals surface area contributed by atoms with E-state index in [-0.39, 0.29) is 24.1 Å². The molecule has 0 radical (unpaired) electrons. The average Bonchev–Trinajstić information content (AvgIpc) is 3.00. The summed E-state index contributed by atoms with van der Waals surface area (Å²) in [5, 5.41) is 2.35. The number of benzene rings is 4. The lowest BCUT2D eigenvalue weighted by molar-refractivity contribution is 0.0705. The molecule has 40 heavy (non-hydrogen) atoms. The van der Waals surface area contributed by atoms with E-state index < -0.39 is 0 Å². The lowest BCUT2D eigenvalue weighted by Crippen LogP contribution is -2.50. The molecule has 0 N–H and O–H groups in total. The Hall–Kier alpha value is -4.52. The van der Waals surface area contributed by atoms with Gasteiger partial charge in [-0.25, -0.2) is 4.79 Å². The van der Waals surface area contributed by atoms with Crippen molar-refractivity contribution in [2.24, 2.45) is 0 Å². The van der Waals surface area contributed by atoms with Crippen molar-refractivity contribution in [3.63, 3.8) is 0 Å². The van der Waals surface area contributed by atoms with Crippen LogP contribution in [0.3, 0.4) is 0 Å². The first-order chi connectivity index (χ1) is 19.5. The molecular weight excluding hydrogens is 504 g/mol. The van der Waals surface area contributed by atoms with Gasteiger partial charge in [0, 0.05) is 30.8 Å². The van der Waals surface area contributed by atoms with E-state index in [9.17, 15) is 9.59 Å². The van der Waals surface area contributed by atoms with Crippen LogP contribution >= 0.6 is 0 Å². The first-order valence-electron chi connectivity index (χ1n) is 13.7. The summed E-state index contributed by atoms with van der Waals surface area (Å²) in [6.07, 6.45) is 0.837. The third-order valence-electron chi connectivity index (χ3n) is 7.88. The fourth-order valence-electron chi connectivity index (χ4n) is 5.67. The van der Waals surface area contributed by atoms with Crippen molar-refractivity contribution >= 4 is 28.5 Å². The van der Waals surface area contributed by atoms with Gasteiger partial charge >= 0.3 is 6.09 Å². The number of fused-ring (bicyclic) bond motifs is 2. The third-order valence-corrected chi connectivity index (χ3v) is 7.88. The van der Waals surface area contributed by atoms with Gasteiger partial charge in [0.2, 0.25) is 0 Å². The van der Waals surface area contributed by atoms with Crippen LogP contribution in [0.25, 0.3) is 10.8 Å². The highest BCUT2D eigenvalue weighted by molar-refractivity contribution is 5.97. The van der Waals surface area contributed by atoms with Crippen molar-refractivity contribution in [2.75, 3.05) is 25.1 Å². The molecule has 2 heterocycles. The standard InChI is InChI=1S/C33H32N2O5/c1-22(24-12-11-23-7-3-4-8-25(23)19-24)40-28-13-14-29(31(20-28)38-2)32(36)34-17-15-27(16-18-34)35-30-10-6-5-9-26(30)21-39-33(35)37/h3-14,19-20,22,27H,15-18,21H2,1-2H3. The predicted octanol–water partition coefficient (Wildman–Crippen LogP) is 6.75. The van der Waals surface area contributed by atoms with Crippen LogP contribution in [0.2, 0.25) is 0 Å². The second kappa shape index (κ2) is 10.9.